The molecule has 0 fully saturated rings. The molecule has 0 unspecified atom stereocenters. The first kappa shape index (κ1) is 35.3. The first-order chi connectivity index (χ1) is 21.5. The van der Waals surface area contributed by atoms with E-state index >= 15 is 0 Å². The number of hydrogen-bond donors (Lipinski definition) is 1. The predicted molar refractivity (Wildman–Crippen MR) is 191 cm³/mol. The van der Waals surface area contributed by atoms with E-state index < -0.39 is 11.8 Å². The molecule has 0 saturated carbocycles. The second-order valence-electron chi connectivity index (χ2n) is 12.2. The van der Waals surface area contributed by atoms with Crippen LogP contribution in [0.2, 0.25) is 0 Å². The summed E-state index contributed by atoms with van der Waals surface area (Å²) in [5.74, 6) is -0.972. The molecule has 2 heterocycles. The molecule has 0 atom stereocenters. The molecule has 0 spiro atoms. The minimum absolute atomic E-state index is 0. The Hall–Kier alpha value is -2.59. The number of benzene rings is 2. The van der Waals surface area contributed by atoms with E-state index in [1.165, 1.54) is 11.6 Å². The maximum absolute atomic E-state index is 11.7. The largest absolute Gasteiger partial charge is 0.512 e. The van der Waals surface area contributed by atoms with Crippen molar-refractivity contribution in [3.05, 3.63) is 88.8 Å². The number of hydrogen-bond acceptors (Lipinski definition) is 4. The summed E-state index contributed by atoms with van der Waals surface area (Å²) in [5.41, 5.74) is 7.16. The molecule has 3 nitrogen and oxygen atoms in total. The van der Waals surface area contributed by atoms with Gasteiger partial charge in [-0.1, -0.05) is 93.5 Å². The summed E-state index contributed by atoms with van der Waals surface area (Å²) in [6.07, 6.45) is 6.83. The Morgan fingerprint density at radius 3 is 2.02 bits per heavy atom. The molecule has 1 radical (unpaired) electrons. The van der Waals surface area contributed by atoms with Crippen LogP contribution < -0.4 is 0 Å². The first-order valence-corrected chi connectivity index (χ1v) is 16.8. The van der Waals surface area contributed by atoms with Crippen molar-refractivity contribution in [1.82, 2.24) is 4.98 Å². The van der Waals surface area contributed by atoms with Gasteiger partial charge in [-0.25, -0.2) is 0 Å². The Kier molecular flexibility index (Phi) is 14.1. The monoisotopic (exact) mass is 805 g/mol. The molecule has 0 aliphatic carbocycles. The Labute approximate surface area is 292 Å². The molecule has 0 aliphatic heterocycles. The van der Waals surface area contributed by atoms with Crippen LogP contribution in [0, 0.1) is 31.7 Å². The number of carbonyl (C=O) groups is 1. The quantitative estimate of drug-likeness (QED) is 0.0933. The molecule has 0 amide bonds. The Morgan fingerprint density at radius 2 is 1.51 bits per heavy atom. The van der Waals surface area contributed by atoms with Crippen LogP contribution in [0.5, 0.6) is 0 Å². The van der Waals surface area contributed by atoms with E-state index in [9.17, 15) is 9.90 Å². The summed E-state index contributed by atoms with van der Waals surface area (Å²) >= 11 is 1.71. The minimum Gasteiger partial charge on any atom is -0.512 e. The third kappa shape index (κ3) is 9.95. The van der Waals surface area contributed by atoms with Gasteiger partial charge in [-0.3, -0.25) is 4.79 Å². The molecule has 0 bridgehead atoms. The number of aromatic nitrogens is 1. The third-order valence-corrected chi connectivity index (χ3v) is 9.41. The Balaban J connectivity index is 0.000000410. The van der Waals surface area contributed by atoms with Crippen LogP contribution in [-0.2, 0) is 24.9 Å². The van der Waals surface area contributed by atoms with Gasteiger partial charge in [0.15, 0.2) is 5.78 Å². The van der Waals surface area contributed by atoms with Gasteiger partial charge < -0.3 is 10.1 Å². The van der Waals surface area contributed by atoms with Crippen molar-refractivity contribution in [2.45, 2.75) is 107 Å². The standard InChI is InChI=1S/C27H28NS.C13H24O2.Ir/c1-16(2)22-8-7-9-23(17(3)4)27(22)26-13-21-15-28-24(14-25(21)29-26)20-11-18(5)10-19(6)12-20;1-5-10(6-2)12(14)9-13(15)11(7-3)8-4;/h7-11,13-17H,1-6H3;9-11,14H,5-8H2,1-4H3;/q-1;;/b;12-9-;/i16D,17D;;. The van der Waals surface area contributed by atoms with Crippen molar-refractivity contribution < 1.29 is 32.7 Å². The number of aryl methyl sites for hydroxylation is 2. The zero-order chi connectivity index (χ0) is 34.4. The van der Waals surface area contributed by atoms with Gasteiger partial charge in [0.2, 0.25) is 0 Å². The van der Waals surface area contributed by atoms with Crippen LogP contribution >= 0.6 is 11.3 Å². The van der Waals surface area contributed by atoms with Gasteiger partial charge in [0.1, 0.15) is 0 Å². The second kappa shape index (κ2) is 17.9. The fraction of sp³-hybridized carbons (Fsp3) is 0.450. The van der Waals surface area contributed by atoms with Gasteiger partial charge in [0.25, 0.3) is 0 Å². The van der Waals surface area contributed by atoms with E-state index in [1.54, 1.807) is 11.3 Å². The molecule has 45 heavy (non-hydrogen) atoms. The normalized spacial score (nSPS) is 12.8. The molecular weight excluding hydrogens is 751 g/mol. The van der Waals surface area contributed by atoms with Crippen LogP contribution in [0.25, 0.3) is 31.8 Å². The fourth-order valence-electron chi connectivity index (χ4n) is 5.67. The van der Waals surface area contributed by atoms with Crippen molar-refractivity contribution in [1.29, 1.82) is 0 Å². The maximum Gasteiger partial charge on any atom is 0.162 e. The van der Waals surface area contributed by atoms with Crippen molar-refractivity contribution in [3.8, 4) is 21.7 Å². The molecule has 245 valence electrons. The number of thiophene rings is 1. The number of aliphatic hydroxyl groups is 1. The molecule has 2 aromatic heterocycles. The summed E-state index contributed by atoms with van der Waals surface area (Å²) in [7, 11) is 0. The Morgan fingerprint density at radius 1 is 0.933 bits per heavy atom. The number of ketones is 1. The van der Waals surface area contributed by atoms with E-state index in [0.717, 1.165) is 74.2 Å². The number of rotatable bonds is 11. The van der Waals surface area contributed by atoms with E-state index in [2.05, 4.69) is 44.2 Å². The number of pyridine rings is 1. The molecule has 0 aliphatic rings. The van der Waals surface area contributed by atoms with Gasteiger partial charge >= 0.3 is 0 Å². The summed E-state index contributed by atoms with van der Waals surface area (Å²) in [5, 5.41) is 10.8. The average molecular weight is 805 g/mol. The summed E-state index contributed by atoms with van der Waals surface area (Å²) in [6, 6.07) is 18.0. The second-order valence-corrected chi connectivity index (χ2v) is 13.3. The van der Waals surface area contributed by atoms with Crippen molar-refractivity contribution in [3.63, 3.8) is 0 Å². The Bertz CT molecular complexity index is 1620. The SMILES string of the molecule is CCC(CC)C(=O)/C=C(\O)C(CC)CC.[2H]C(C)(C)c1cccc(C([2H])(C)C)c1-c1cc2cnc(-c3[c-]c(C)cc(C)c3)cc2s1.[Ir]. The zero-order valence-electron chi connectivity index (χ0n) is 30.7. The van der Waals surface area contributed by atoms with Gasteiger partial charge in [-0.15, -0.1) is 46.2 Å². The molecule has 0 saturated heterocycles. The van der Waals surface area contributed by atoms with E-state index in [-0.39, 0.29) is 43.5 Å². The molecule has 4 aromatic rings. The van der Waals surface area contributed by atoms with E-state index in [1.807, 2.05) is 79.8 Å². The van der Waals surface area contributed by atoms with Crippen LogP contribution in [0.1, 0.15) is 118 Å². The molecule has 2 aromatic carbocycles. The number of nitrogens with zero attached hydrogens (tertiary/aromatic N) is 1. The number of carbonyl (C=O) groups excluding carboxylic acids is 1. The molecule has 4 rings (SSSR count). The summed E-state index contributed by atoms with van der Waals surface area (Å²) in [6.45, 7) is 19.9. The van der Waals surface area contributed by atoms with Crippen LogP contribution in [0.4, 0.5) is 0 Å². The van der Waals surface area contributed by atoms with Gasteiger partial charge in [-0.2, -0.15) is 0 Å². The van der Waals surface area contributed by atoms with Crippen molar-refractivity contribution in [2.24, 2.45) is 11.8 Å². The third-order valence-electron chi connectivity index (χ3n) is 8.30. The van der Waals surface area contributed by atoms with Crippen LogP contribution in [0.3, 0.4) is 0 Å². The van der Waals surface area contributed by atoms with E-state index in [4.69, 9.17) is 7.73 Å². The van der Waals surface area contributed by atoms with Crippen LogP contribution in [0.15, 0.2) is 60.5 Å². The van der Waals surface area contributed by atoms with Crippen LogP contribution in [-0.4, -0.2) is 15.9 Å². The summed E-state index contributed by atoms with van der Waals surface area (Å²) in [4.78, 5) is 17.5. The average Bonchev–Trinajstić information content (AvgIpc) is 3.40. The van der Waals surface area contributed by atoms with Gasteiger partial charge in [-0.05, 0) is 65.9 Å². The minimum atomic E-state index is -0.760. The van der Waals surface area contributed by atoms with Gasteiger partial charge in [0, 0.05) is 61.9 Å². The molecular formula is C40H52IrNO2S-. The van der Waals surface area contributed by atoms with Crippen molar-refractivity contribution >= 4 is 27.2 Å². The molecule has 1 N–H and O–H groups in total. The first-order valence-electron chi connectivity index (χ1n) is 17.0. The number of allylic oxidation sites excluding steroid dienone is 2. The summed E-state index contributed by atoms with van der Waals surface area (Å²) < 4.78 is 18.6. The number of aliphatic hydroxyl groups excluding tert-OH is 1. The van der Waals surface area contributed by atoms with Gasteiger partial charge in [0.05, 0.1) is 5.76 Å². The van der Waals surface area contributed by atoms with E-state index in [0.29, 0.717) is 0 Å². The number of fused-ring (bicyclic) bond motifs is 1. The predicted octanol–water partition coefficient (Wildman–Crippen LogP) is 12.2. The van der Waals surface area contributed by atoms with Crippen molar-refractivity contribution in [2.75, 3.05) is 0 Å². The zero-order valence-corrected chi connectivity index (χ0v) is 31.9. The molecule has 5 heteroatoms. The smallest absolute Gasteiger partial charge is 0.162 e. The maximum atomic E-state index is 11.7. The topological polar surface area (TPSA) is 50.2 Å². The fourth-order valence-corrected chi connectivity index (χ4v) is 6.81.